The summed E-state index contributed by atoms with van der Waals surface area (Å²) in [5, 5.41) is 0. The second-order valence-electron chi connectivity index (χ2n) is 4.26. The van der Waals surface area contributed by atoms with E-state index in [1.165, 1.54) is 12.8 Å². The average Bonchev–Trinajstić information content (AvgIpc) is 2.19. The third-order valence-corrected chi connectivity index (χ3v) is 3.95. The highest BCUT2D eigenvalue weighted by Crippen LogP contribution is 2.37. The van der Waals surface area contributed by atoms with E-state index in [0.29, 0.717) is 24.9 Å². The molecule has 4 N–H and O–H groups in total. The molecule has 0 aliphatic heterocycles. The zero-order valence-electron chi connectivity index (χ0n) is 9.64. The molecular weight excluding hydrogens is 160 g/mol. The maximum atomic E-state index is 5.89. The van der Waals surface area contributed by atoms with Crippen molar-refractivity contribution >= 4 is 0 Å². The van der Waals surface area contributed by atoms with Crippen molar-refractivity contribution in [3.8, 4) is 0 Å². The lowest BCUT2D eigenvalue weighted by Crippen LogP contribution is -2.47. The highest BCUT2D eigenvalue weighted by molar-refractivity contribution is 4.89. The van der Waals surface area contributed by atoms with E-state index in [1.807, 2.05) is 0 Å². The summed E-state index contributed by atoms with van der Waals surface area (Å²) in [7, 11) is 0. The van der Waals surface area contributed by atoms with Crippen LogP contribution in [-0.2, 0) is 0 Å². The maximum absolute atomic E-state index is 5.89. The van der Waals surface area contributed by atoms with Crippen LogP contribution in [-0.4, -0.2) is 13.1 Å². The zero-order valence-corrected chi connectivity index (χ0v) is 9.64. The summed E-state index contributed by atoms with van der Waals surface area (Å²) >= 11 is 0. The van der Waals surface area contributed by atoms with Crippen molar-refractivity contribution in [3.63, 3.8) is 0 Å². The van der Waals surface area contributed by atoms with E-state index in [0.717, 1.165) is 0 Å². The third-order valence-electron chi connectivity index (χ3n) is 3.95. The van der Waals surface area contributed by atoms with Gasteiger partial charge in [0.1, 0.15) is 0 Å². The number of hydrogen-bond donors (Lipinski definition) is 2. The van der Waals surface area contributed by atoms with Crippen molar-refractivity contribution in [1.82, 2.24) is 0 Å². The van der Waals surface area contributed by atoms with Crippen LogP contribution < -0.4 is 11.5 Å². The Morgan fingerprint density at radius 2 is 1.23 bits per heavy atom. The first-order valence-corrected chi connectivity index (χ1v) is 5.49. The minimum Gasteiger partial charge on any atom is -0.330 e. The minimum absolute atomic E-state index is 0.156. The molecule has 0 aromatic rings. The van der Waals surface area contributed by atoms with Crippen molar-refractivity contribution in [2.45, 2.75) is 40.5 Å². The summed E-state index contributed by atoms with van der Waals surface area (Å²) in [5.74, 6) is 1.25. The molecule has 0 fully saturated rings. The second-order valence-corrected chi connectivity index (χ2v) is 4.26. The number of rotatable bonds is 6. The van der Waals surface area contributed by atoms with E-state index < -0.39 is 0 Å². The molecule has 2 unspecified atom stereocenters. The molecule has 2 atom stereocenters. The number of nitrogens with two attached hydrogens (primary N) is 2. The summed E-state index contributed by atoms with van der Waals surface area (Å²) in [5.41, 5.74) is 11.9. The fourth-order valence-electron chi connectivity index (χ4n) is 2.19. The van der Waals surface area contributed by atoms with Crippen molar-refractivity contribution in [1.29, 1.82) is 0 Å². The van der Waals surface area contributed by atoms with Crippen LogP contribution in [0.25, 0.3) is 0 Å². The molecule has 0 rings (SSSR count). The van der Waals surface area contributed by atoms with Crippen LogP contribution in [0.3, 0.4) is 0 Å². The molecule has 2 nitrogen and oxygen atoms in total. The van der Waals surface area contributed by atoms with E-state index in [1.54, 1.807) is 0 Å². The van der Waals surface area contributed by atoms with Crippen molar-refractivity contribution < 1.29 is 0 Å². The first kappa shape index (κ1) is 12.9. The van der Waals surface area contributed by atoms with Gasteiger partial charge in [-0.3, -0.25) is 0 Å². The Morgan fingerprint density at radius 3 is 1.38 bits per heavy atom. The zero-order chi connectivity index (χ0) is 10.5. The molecule has 0 aromatic heterocycles. The predicted octanol–water partition coefficient (Wildman–Crippen LogP) is 1.98. The van der Waals surface area contributed by atoms with Crippen molar-refractivity contribution in [3.05, 3.63) is 0 Å². The number of hydrogen-bond acceptors (Lipinski definition) is 2. The molecule has 0 amide bonds. The minimum atomic E-state index is 0.156. The van der Waals surface area contributed by atoms with E-state index in [9.17, 15) is 0 Å². The fraction of sp³-hybridized carbons (Fsp3) is 1.00. The molecule has 0 spiro atoms. The van der Waals surface area contributed by atoms with Gasteiger partial charge in [0.15, 0.2) is 0 Å². The molecule has 0 saturated heterocycles. The topological polar surface area (TPSA) is 52.0 Å². The molecule has 0 heterocycles. The first-order chi connectivity index (χ1) is 6.08. The van der Waals surface area contributed by atoms with Crippen LogP contribution in [0.2, 0.25) is 0 Å². The van der Waals surface area contributed by atoms with Gasteiger partial charge in [-0.15, -0.1) is 0 Å². The molecule has 0 bridgehead atoms. The normalized spacial score (nSPS) is 17.1. The maximum Gasteiger partial charge on any atom is -0.0000973 e. The second kappa shape index (κ2) is 5.61. The first-order valence-electron chi connectivity index (χ1n) is 5.49. The Morgan fingerprint density at radius 1 is 0.923 bits per heavy atom. The third kappa shape index (κ3) is 2.44. The van der Waals surface area contributed by atoms with Crippen LogP contribution in [0.5, 0.6) is 0 Å². The van der Waals surface area contributed by atoms with Gasteiger partial charge in [-0.1, -0.05) is 40.5 Å². The highest BCUT2D eigenvalue weighted by Gasteiger charge is 2.36. The molecule has 0 aliphatic carbocycles. The van der Waals surface area contributed by atoms with Crippen LogP contribution in [0, 0.1) is 17.3 Å². The summed E-state index contributed by atoms with van der Waals surface area (Å²) in [6.07, 6.45) is 2.33. The Kier molecular flexibility index (Phi) is 5.57. The quantitative estimate of drug-likeness (QED) is 0.666. The van der Waals surface area contributed by atoms with Gasteiger partial charge < -0.3 is 11.5 Å². The largest absolute Gasteiger partial charge is 0.330 e. The Labute approximate surface area is 83.1 Å². The Balaban J connectivity index is 4.67. The molecular formula is C11H26N2. The van der Waals surface area contributed by atoms with Gasteiger partial charge in [0.25, 0.3) is 0 Å². The molecule has 0 aliphatic rings. The van der Waals surface area contributed by atoms with Gasteiger partial charge in [-0.25, -0.2) is 0 Å². The standard InChI is InChI=1S/C11H26N2/c1-5-9(3)11(7-12,8-13)10(4)6-2/h9-10H,5-8,12-13H2,1-4H3. The fourth-order valence-corrected chi connectivity index (χ4v) is 2.19. The molecule has 13 heavy (non-hydrogen) atoms. The van der Waals surface area contributed by atoms with Crippen molar-refractivity contribution in [2.24, 2.45) is 28.7 Å². The predicted molar refractivity (Wildman–Crippen MR) is 59.5 cm³/mol. The lowest BCUT2D eigenvalue weighted by atomic mass is 9.66. The van der Waals surface area contributed by atoms with Gasteiger partial charge in [0.05, 0.1) is 0 Å². The molecule has 80 valence electrons. The lowest BCUT2D eigenvalue weighted by molar-refractivity contribution is 0.103. The average molecular weight is 186 g/mol. The summed E-state index contributed by atoms with van der Waals surface area (Å²) in [4.78, 5) is 0. The van der Waals surface area contributed by atoms with E-state index in [-0.39, 0.29) is 5.41 Å². The van der Waals surface area contributed by atoms with E-state index >= 15 is 0 Å². The Hall–Kier alpha value is -0.0800. The Bertz CT molecular complexity index is 118. The lowest BCUT2D eigenvalue weighted by Gasteiger charge is -2.42. The van der Waals surface area contributed by atoms with Gasteiger partial charge in [-0.2, -0.15) is 0 Å². The van der Waals surface area contributed by atoms with Crippen LogP contribution >= 0.6 is 0 Å². The molecule has 0 saturated carbocycles. The smallest absolute Gasteiger partial charge is 0.0000973 e. The summed E-state index contributed by atoms with van der Waals surface area (Å²) in [6, 6.07) is 0. The van der Waals surface area contributed by atoms with Gasteiger partial charge in [0, 0.05) is 0 Å². The molecule has 0 radical (unpaired) electrons. The SMILES string of the molecule is CCC(C)C(CN)(CN)C(C)CC. The van der Waals surface area contributed by atoms with Gasteiger partial charge in [-0.05, 0) is 30.3 Å². The van der Waals surface area contributed by atoms with Crippen LogP contribution in [0.15, 0.2) is 0 Å². The van der Waals surface area contributed by atoms with Gasteiger partial charge >= 0.3 is 0 Å². The monoisotopic (exact) mass is 186 g/mol. The van der Waals surface area contributed by atoms with Crippen LogP contribution in [0.1, 0.15) is 40.5 Å². The summed E-state index contributed by atoms with van der Waals surface area (Å²) < 4.78 is 0. The molecule has 2 heteroatoms. The van der Waals surface area contributed by atoms with E-state index in [2.05, 4.69) is 27.7 Å². The van der Waals surface area contributed by atoms with Crippen LogP contribution in [0.4, 0.5) is 0 Å². The van der Waals surface area contributed by atoms with Gasteiger partial charge in [0.2, 0.25) is 0 Å². The summed E-state index contributed by atoms with van der Waals surface area (Å²) in [6.45, 7) is 10.4. The molecule has 0 aromatic carbocycles. The highest BCUT2D eigenvalue weighted by atomic mass is 14.7. The van der Waals surface area contributed by atoms with E-state index in [4.69, 9.17) is 11.5 Å². The van der Waals surface area contributed by atoms with Crippen molar-refractivity contribution in [2.75, 3.05) is 13.1 Å².